The average Bonchev–Trinajstić information content (AvgIpc) is 3.37. The summed E-state index contributed by atoms with van der Waals surface area (Å²) in [7, 11) is 0. The van der Waals surface area contributed by atoms with Gasteiger partial charge in [0.25, 0.3) is 6.43 Å². The van der Waals surface area contributed by atoms with Crippen molar-refractivity contribution in [2.75, 3.05) is 0 Å². The van der Waals surface area contributed by atoms with Crippen LogP contribution in [0.4, 0.5) is 13.6 Å². The summed E-state index contributed by atoms with van der Waals surface area (Å²) in [6.07, 6.45) is 2.95. The van der Waals surface area contributed by atoms with E-state index in [1.807, 2.05) is 52.0 Å². The molecule has 4 aromatic rings. The van der Waals surface area contributed by atoms with E-state index in [9.17, 15) is 18.7 Å². The van der Waals surface area contributed by atoms with Crippen molar-refractivity contribution in [1.82, 2.24) is 29.3 Å². The third kappa shape index (κ3) is 4.75. The molecule has 0 saturated carbocycles. The van der Waals surface area contributed by atoms with Gasteiger partial charge >= 0.3 is 6.09 Å². The maximum absolute atomic E-state index is 12.7. The zero-order valence-electron chi connectivity index (χ0n) is 19.4. The van der Waals surface area contributed by atoms with E-state index in [1.165, 1.54) is 15.9 Å². The molecule has 0 spiro atoms. The molecule has 4 rings (SSSR count). The lowest BCUT2D eigenvalue weighted by molar-refractivity contribution is 0.0954. The second-order valence-corrected chi connectivity index (χ2v) is 9.19. The molecule has 0 aliphatic heterocycles. The lowest BCUT2D eigenvalue weighted by Gasteiger charge is -2.33. The molecule has 34 heavy (non-hydrogen) atoms. The van der Waals surface area contributed by atoms with Crippen molar-refractivity contribution in [3.05, 3.63) is 60.3 Å². The number of rotatable bonds is 6. The molecule has 0 saturated heterocycles. The molecule has 1 amide bonds. The van der Waals surface area contributed by atoms with Gasteiger partial charge in [0.05, 0.1) is 17.4 Å². The van der Waals surface area contributed by atoms with E-state index >= 15 is 0 Å². The maximum atomic E-state index is 12.7. The summed E-state index contributed by atoms with van der Waals surface area (Å²) in [5, 5.41) is 17.9. The van der Waals surface area contributed by atoms with Crippen LogP contribution in [-0.2, 0) is 13.1 Å². The highest BCUT2D eigenvalue weighted by Gasteiger charge is 2.26. The summed E-state index contributed by atoms with van der Waals surface area (Å²) < 4.78 is 28.2. The molecular formula is C24H26F2N6O2. The third-order valence-electron chi connectivity index (χ3n) is 5.68. The largest absolute Gasteiger partial charge is 0.465 e. The number of hydrogen-bond donors (Lipinski definition) is 1. The molecule has 178 valence electrons. The van der Waals surface area contributed by atoms with E-state index in [2.05, 4.69) is 15.2 Å². The number of nitrogens with zero attached hydrogens (tertiary/aromatic N) is 6. The Hall–Kier alpha value is -3.82. The quantitative estimate of drug-likeness (QED) is 0.425. The van der Waals surface area contributed by atoms with E-state index in [0.717, 1.165) is 27.8 Å². The van der Waals surface area contributed by atoms with Crippen LogP contribution in [0.5, 0.6) is 0 Å². The molecule has 0 radical (unpaired) electrons. The molecule has 0 fully saturated rings. The number of carbonyl (C=O) groups is 1. The van der Waals surface area contributed by atoms with Gasteiger partial charge < -0.3 is 5.11 Å². The molecule has 0 bridgehead atoms. The Morgan fingerprint density at radius 3 is 2.53 bits per heavy atom. The van der Waals surface area contributed by atoms with Crippen molar-refractivity contribution in [1.29, 1.82) is 0 Å². The highest BCUT2D eigenvalue weighted by molar-refractivity contribution is 5.81. The van der Waals surface area contributed by atoms with Gasteiger partial charge in [0, 0.05) is 41.2 Å². The first-order chi connectivity index (χ1) is 16.0. The number of fused-ring (bicyclic) bond motifs is 1. The molecule has 3 heterocycles. The van der Waals surface area contributed by atoms with Gasteiger partial charge in [0.2, 0.25) is 0 Å². The van der Waals surface area contributed by atoms with Crippen LogP contribution < -0.4 is 0 Å². The van der Waals surface area contributed by atoms with E-state index in [0.29, 0.717) is 11.3 Å². The number of amides is 1. The number of benzene rings is 1. The molecule has 0 unspecified atom stereocenters. The summed E-state index contributed by atoms with van der Waals surface area (Å²) in [4.78, 5) is 17.6. The van der Waals surface area contributed by atoms with Crippen molar-refractivity contribution >= 4 is 11.6 Å². The minimum Gasteiger partial charge on any atom is -0.465 e. The first-order valence-corrected chi connectivity index (χ1v) is 10.8. The molecule has 1 aromatic carbocycles. The van der Waals surface area contributed by atoms with Gasteiger partial charge in [-0.15, -0.1) is 0 Å². The molecular weight excluding hydrogens is 442 g/mol. The van der Waals surface area contributed by atoms with Crippen LogP contribution in [0.2, 0.25) is 0 Å². The predicted molar refractivity (Wildman–Crippen MR) is 124 cm³/mol. The summed E-state index contributed by atoms with van der Waals surface area (Å²) in [5.41, 5.74) is 5.16. The molecule has 8 nitrogen and oxygen atoms in total. The number of aromatic nitrogens is 5. The summed E-state index contributed by atoms with van der Waals surface area (Å²) in [5.74, 6) is 0. The molecule has 0 aliphatic rings. The first kappa shape index (κ1) is 23.3. The second kappa shape index (κ2) is 8.85. The molecule has 3 aromatic heterocycles. The molecule has 10 heteroatoms. The smallest absolute Gasteiger partial charge is 0.408 e. The first-order valence-electron chi connectivity index (χ1n) is 10.8. The number of hydrogen-bond acceptors (Lipinski definition) is 4. The average molecular weight is 469 g/mol. The van der Waals surface area contributed by atoms with Gasteiger partial charge in [-0.05, 0) is 51.0 Å². The van der Waals surface area contributed by atoms with Crippen LogP contribution in [0.1, 0.15) is 31.9 Å². The van der Waals surface area contributed by atoms with Gasteiger partial charge in [0.15, 0.2) is 0 Å². The lowest BCUT2D eigenvalue weighted by Crippen LogP contribution is -2.44. The van der Waals surface area contributed by atoms with Gasteiger partial charge in [0.1, 0.15) is 12.9 Å². The zero-order valence-corrected chi connectivity index (χ0v) is 19.4. The van der Waals surface area contributed by atoms with Gasteiger partial charge in [-0.3, -0.25) is 9.58 Å². The van der Waals surface area contributed by atoms with Crippen molar-refractivity contribution in [2.45, 2.75) is 52.7 Å². The standard InChI is InChI=1S/C24H26F2N6O2/c1-15-7-16(5-6-17(15)11-31(23(33)34)24(2,3)4)22-20-8-18(12-32(20)29-14-27-22)19-9-28-30(10-19)13-21(25)26/h5-10,12,14,21H,11,13H2,1-4H3,(H,33,34). The molecule has 1 N–H and O–H groups in total. The van der Waals surface area contributed by atoms with Crippen LogP contribution in [0.15, 0.2) is 49.2 Å². The monoisotopic (exact) mass is 468 g/mol. The van der Waals surface area contributed by atoms with Gasteiger partial charge in [-0.1, -0.05) is 12.1 Å². The maximum Gasteiger partial charge on any atom is 0.408 e. The fourth-order valence-corrected chi connectivity index (χ4v) is 3.85. The number of halogens is 2. The van der Waals surface area contributed by atoms with E-state index < -0.39 is 24.6 Å². The highest BCUT2D eigenvalue weighted by Crippen LogP contribution is 2.30. The summed E-state index contributed by atoms with van der Waals surface area (Å²) >= 11 is 0. The zero-order chi connectivity index (χ0) is 24.6. The van der Waals surface area contributed by atoms with Crippen LogP contribution >= 0.6 is 0 Å². The second-order valence-electron chi connectivity index (χ2n) is 9.19. The van der Waals surface area contributed by atoms with Crippen LogP contribution in [0, 0.1) is 6.92 Å². The Bertz CT molecular complexity index is 1340. The summed E-state index contributed by atoms with van der Waals surface area (Å²) in [6, 6.07) is 7.71. The Morgan fingerprint density at radius 1 is 1.12 bits per heavy atom. The minimum atomic E-state index is -2.48. The van der Waals surface area contributed by atoms with Crippen LogP contribution in [0.25, 0.3) is 27.9 Å². The Morgan fingerprint density at radius 2 is 1.88 bits per heavy atom. The van der Waals surface area contributed by atoms with Crippen molar-refractivity contribution < 1.29 is 18.7 Å². The van der Waals surface area contributed by atoms with Crippen molar-refractivity contribution in [3.8, 4) is 22.4 Å². The number of carboxylic acid groups (broad SMARTS) is 1. The Kier molecular flexibility index (Phi) is 6.07. The van der Waals surface area contributed by atoms with E-state index in [1.54, 1.807) is 23.1 Å². The Labute approximate surface area is 195 Å². The highest BCUT2D eigenvalue weighted by atomic mass is 19.3. The normalized spacial score (nSPS) is 12.0. The predicted octanol–water partition coefficient (Wildman–Crippen LogP) is 5.11. The van der Waals surface area contributed by atoms with Crippen LogP contribution in [-0.4, -0.2) is 52.4 Å². The summed E-state index contributed by atoms with van der Waals surface area (Å²) in [6.45, 7) is 7.36. The minimum absolute atomic E-state index is 0.280. The van der Waals surface area contributed by atoms with Gasteiger partial charge in [-0.2, -0.15) is 10.2 Å². The lowest BCUT2D eigenvalue weighted by atomic mass is 10.00. The van der Waals surface area contributed by atoms with Crippen LogP contribution in [0.3, 0.4) is 0 Å². The molecule has 0 aliphatic carbocycles. The molecule has 0 atom stereocenters. The fourth-order valence-electron chi connectivity index (χ4n) is 3.85. The number of aryl methyl sites for hydroxylation is 1. The third-order valence-corrected chi connectivity index (χ3v) is 5.68. The van der Waals surface area contributed by atoms with E-state index in [-0.39, 0.29) is 6.54 Å². The van der Waals surface area contributed by atoms with Crippen molar-refractivity contribution in [3.63, 3.8) is 0 Å². The van der Waals surface area contributed by atoms with E-state index in [4.69, 9.17) is 0 Å². The number of alkyl halides is 2. The SMILES string of the molecule is Cc1cc(-c2ncnn3cc(-c4cnn(CC(F)F)c4)cc23)ccc1CN(C(=O)O)C(C)(C)C. The Balaban J connectivity index is 1.67. The fraction of sp³-hybridized carbons (Fsp3) is 0.333. The topological polar surface area (TPSA) is 88.5 Å². The van der Waals surface area contributed by atoms with Crippen molar-refractivity contribution in [2.24, 2.45) is 0 Å². The van der Waals surface area contributed by atoms with Gasteiger partial charge in [-0.25, -0.2) is 23.1 Å².